The Bertz CT molecular complexity index is 1090. The van der Waals surface area contributed by atoms with Gasteiger partial charge in [0.2, 0.25) is 5.91 Å². The third kappa shape index (κ3) is 5.19. The lowest BCUT2D eigenvalue weighted by Crippen LogP contribution is -2.34. The van der Waals surface area contributed by atoms with E-state index >= 15 is 0 Å². The molecule has 0 bridgehead atoms. The molecular formula is C23H23N3O3. The Kier molecular flexibility index (Phi) is 6.24. The van der Waals surface area contributed by atoms with Gasteiger partial charge in [0.05, 0.1) is 0 Å². The Morgan fingerprint density at radius 2 is 1.69 bits per heavy atom. The van der Waals surface area contributed by atoms with Gasteiger partial charge in [-0.1, -0.05) is 48.0 Å². The van der Waals surface area contributed by atoms with E-state index in [0.29, 0.717) is 17.8 Å². The number of amides is 2. The van der Waals surface area contributed by atoms with Gasteiger partial charge >= 0.3 is 0 Å². The summed E-state index contributed by atoms with van der Waals surface area (Å²) in [7, 11) is 0. The number of aromatic nitrogens is 1. The van der Waals surface area contributed by atoms with Crippen molar-refractivity contribution in [1.82, 2.24) is 9.88 Å². The summed E-state index contributed by atoms with van der Waals surface area (Å²) in [5.74, 6) is -0.648. The SMILES string of the molecule is Cc1cccc(CNC(=O)Cn2c(C)ccc(NC(=O)c3ccccc3)c2=O)c1. The van der Waals surface area contributed by atoms with E-state index in [2.05, 4.69) is 10.6 Å². The molecule has 29 heavy (non-hydrogen) atoms. The summed E-state index contributed by atoms with van der Waals surface area (Å²) < 4.78 is 1.35. The van der Waals surface area contributed by atoms with Crippen LogP contribution >= 0.6 is 0 Å². The van der Waals surface area contributed by atoms with E-state index in [1.165, 1.54) is 4.57 Å². The number of rotatable bonds is 6. The zero-order valence-corrected chi connectivity index (χ0v) is 16.4. The fourth-order valence-corrected chi connectivity index (χ4v) is 2.97. The van der Waals surface area contributed by atoms with Crippen LogP contribution in [0.4, 0.5) is 5.69 Å². The van der Waals surface area contributed by atoms with Crippen molar-refractivity contribution in [2.24, 2.45) is 0 Å². The van der Waals surface area contributed by atoms with E-state index in [1.807, 2.05) is 37.3 Å². The number of benzene rings is 2. The maximum absolute atomic E-state index is 12.8. The minimum absolute atomic E-state index is 0.120. The topological polar surface area (TPSA) is 80.2 Å². The van der Waals surface area contributed by atoms with Crippen molar-refractivity contribution in [1.29, 1.82) is 0 Å². The number of hydrogen-bond donors (Lipinski definition) is 2. The lowest BCUT2D eigenvalue weighted by Gasteiger charge is -2.13. The van der Waals surface area contributed by atoms with Crippen LogP contribution in [0.2, 0.25) is 0 Å². The van der Waals surface area contributed by atoms with Crippen molar-refractivity contribution in [3.63, 3.8) is 0 Å². The van der Waals surface area contributed by atoms with Gasteiger partial charge in [-0.15, -0.1) is 0 Å². The number of carbonyl (C=O) groups is 2. The molecule has 0 aliphatic heterocycles. The zero-order valence-electron chi connectivity index (χ0n) is 16.4. The normalized spacial score (nSPS) is 10.4. The standard InChI is InChI=1S/C23H23N3O3/c1-16-7-6-8-18(13-16)14-24-21(27)15-26-17(2)11-12-20(23(26)29)25-22(28)19-9-4-3-5-10-19/h3-13H,14-15H2,1-2H3,(H,24,27)(H,25,28). The molecule has 2 amide bonds. The quantitative estimate of drug-likeness (QED) is 0.680. The van der Waals surface area contributed by atoms with E-state index in [4.69, 9.17) is 0 Å². The summed E-state index contributed by atoms with van der Waals surface area (Å²) >= 11 is 0. The minimum Gasteiger partial charge on any atom is -0.350 e. The highest BCUT2D eigenvalue weighted by molar-refractivity contribution is 6.04. The molecule has 3 rings (SSSR count). The number of nitrogens with zero attached hydrogens (tertiary/aromatic N) is 1. The molecule has 1 heterocycles. The van der Waals surface area contributed by atoms with Crippen molar-refractivity contribution in [3.05, 3.63) is 99.5 Å². The third-order valence-corrected chi connectivity index (χ3v) is 4.55. The molecule has 6 heteroatoms. The third-order valence-electron chi connectivity index (χ3n) is 4.55. The highest BCUT2D eigenvalue weighted by Crippen LogP contribution is 2.07. The fourth-order valence-electron chi connectivity index (χ4n) is 2.97. The molecule has 0 radical (unpaired) electrons. The predicted molar refractivity (Wildman–Crippen MR) is 113 cm³/mol. The van der Waals surface area contributed by atoms with Crippen LogP contribution < -0.4 is 16.2 Å². The summed E-state index contributed by atoms with van der Waals surface area (Å²) in [6, 6.07) is 19.8. The first-order valence-electron chi connectivity index (χ1n) is 9.33. The van der Waals surface area contributed by atoms with Crippen LogP contribution in [0, 0.1) is 13.8 Å². The summed E-state index contributed by atoms with van der Waals surface area (Å²) in [6.07, 6.45) is 0. The molecule has 0 aliphatic rings. The van der Waals surface area contributed by atoms with E-state index in [1.54, 1.807) is 43.3 Å². The van der Waals surface area contributed by atoms with E-state index in [-0.39, 0.29) is 24.0 Å². The highest BCUT2D eigenvalue weighted by atomic mass is 16.2. The summed E-state index contributed by atoms with van der Waals surface area (Å²) in [5, 5.41) is 5.46. The first-order valence-corrected chi connectivity index (χ1v) is 9.33. The van der Waals surface area contributed by atoms with Gasteiger partial charge in [-0.25, -0.2) is 0 Å². The predicted octanol–water partition coefficient (Wildman–Crippen LogP) is 3.03. The Morgan fingerprint density at radius 3 is 2.41 bits per heavy atom. The Morgan fingerprint density at radius 1 is 0.931 bits per heavy atom. The monoisotopic (exact) mass is 389 g/mol. The van der Waals surface area contributed by atoms with Crippen molar-refractivity contribution in [3.8, 4) is 0 Å². The van der Waals surface area contributed by atoms with Gasteiger partial charge in [0.1, 0.15) is 12.2 Å². The molecule has 0 fully saturated rings. The average Bonchev–Trinajstić information content (AvgIpc) is 2.72. The van der Waals surface area contributed by atoms with E-state index in [9.17, 15) is 14.4 Å². The number of nitrogens with one attached hydrogen (secondary N) is 2. The molecule has 2 N–H and O–H groups in total. The van der Waals surface area contributed by atoms with Crippen LogP contribution in [0.25, 0.3) is 0 Å². The summed E-state index contributed by atoms with van der Waals surface area (Å²) in [5.41, 5.74) is 2.92. The smallest absolute Gasteiger partial charge is 0.274 e. The van der Waals surface area contributed by atoms with Crippen molar-refractivity contribution in [2.45, 2.75) is 26.9 Å². The van der Waals surface area contributed by atoms with Crippen molar-refractivity contribution >= 4 is 17.5 Å². The molecule has 0 spiro atoms. The van der Waals surface area contributed by atoms with E-state index in [0.717, 1.165) is 11.1 Å². The van der Waals surface area contributed by atoms with Gasteiger partial charge in [-0.2, -0.15) is 0 Å². The van der Waals surface area contributed by atoms with Crippen LogP contribution in [-0.4, -0.2) is 16.4 Å². The largest absolute Gasteiger partial charge is 0.350 e. The second-order valence-electron chi connectivity index (χ2n) is 6.87. The second-order valence-corrected chi connectivity index (χ2v) is 6.87. The molecule has 3 aromatic rings. The number of carbonyl (C=O) groups excluding carboxylic acids is 2. The maximum Gasteiger partial charge on any atom is 0.274 e. The molecule has 0 atom stereocenters. The summed E-state index contributed by atoms with van der Waals surface area (Å²) in [4.78, 5) is 37.5. The molecule has 148 valence electrons. The summed E-state index contributed by atoms with van der Waals surface area (Å²) in [6.45, 7) is 4.01. The average molecular weight is 389 g/mol. The molecule has 0 saturated carbocycles. The number of anilines is 1. The molecule has 1 aromatic heterocycles. The van der Waals surface area contributed by atoms with Crippen LogP contribution in [0.3, 0.4) is 0 Å². The first-order chi connectivity index (χ1) is 13.9. The number of pyridine rings is 1. The van der Waals surface area contributed by atoms with Crippen LogP contribution in [-0.2, 0) is 17.9 Å². The molecule has 0 saturated heterocycles. The van der Waals surface area contributed by atoms with Gasteiger partial charge in [-0.05, 0) is 43.7 Å². The minimum atomic E-state index is -0.417. The zero-order chi connectivity index (χ0) is 20.8. The molecule has 2 aromatic carbocycles. The lowest BCUT2D eigenvalue weighted by atomic mass is 10.1. The lowest BCUT2D eigenvalue weighted by molar-refractivity contribution is -0.121. The fraction of sp³-hybridized carbons (Fsp3) is 0.174. The van der Waals surface area contributed by atoms with Gasteiger partial charge in [0.25, 0.3) is 11.5 Å². The molecule has 0 unspecified atom stereocenters. The number of aryl methyl sites for hydroxylation is 2. The van der Waals surface area contributed by atoms with Gasteiger partial charge in [-0.3, -0.25) is 14.4 Å². The van der Waals surface area contributed by atoms with Crippen LogP contribution in [0.5, 0.6) is 0 Å². The Balaban J connectivity index is 1.70. The van der Waals surface area contributed by atoms with Gasteiger partial charge in [0, 0.05) is 17.8 Å². The van der Waals surface area contributed by atoms with E-state index < -0.39 is 5.56 Å². The van der Waals surface area contributed by atoms with Crippen molar-refractivity contribution < 1.29 is 9.59 Å². The molecule has 0 aliphatic carbocycles. The molecular weight excluding hydrogens is 366 g/mol. The Labute approximate surface area is 169 Å². The molecule has 6 nitrogen and oxygen atoms in total. The number of hydrogen-bond acceptors (Lipinski definition) is 3. The highest BCUT2D eigenvalue weighted by Gasteiger charge is 2.13. The second kappa shape index (κ2) is 9.01. The first kappa shape index (κ1) is 20.1. The van der Waals surface area contributed by atoms with Gasteiger partial charge < -0.3 is 15.2 Å². The van der Waals surface area contributed by atoms with Crippen LogP contribution in [0.15, 0.2) is 71.5 Å². The Hall–Kier alpha value is -3.67. The maximum atomic E-state index is 12.8. The van der Waals surface area contributed by atoms with Crippen LogP contribution in [0.1, 0.15) is 27.2 Å². The van der Waals surface area contributed by atoms with Gasteiger partial charge in [0.15, 0.2) is 0 Å². The van der Waals surface area contributed by atoms with Crippen molar-refractivity contribution in [2.75, 3.05) is 5.32 Å².